The van der Waals surface area contributed by atoms with Gasteiger partial charge in [0.25, 0.3) is 0 Å². The Hall–Kier alpha value is -1.84. The van der Waals surface area contributed by atoms with E-state index >= 15 is 0 Å². The number of aryl methyl sites for hydroxylation is 1. The second-order valence-corrected chi connectivity index (χ2v) is 4.26. The number of benzene rings is 1. The Morgan fingerprint density at radius 3 is 2.50 bits per heavy atom. The lowest BCUT2D eigenvalue weighted by atomic mass is 10.1. The molecule has 0 atom stereocenters. The van der Waals surface area contributed by atoms with Crippen molar-refractivity contribution < 1.29 is 14.7 Å². The number of nitrogens with zero attached hydrogens (tertiary/aromatic N) is 1. The monoisotopic (exact) mass is 249 g/mol. The largest absolute Gasteiger partial charge is 0.481 e. The third kappa shape index (κ3) is 3.32. The van der Waals surface area contributed by atoms with Crippen molar-refractivity contribution in [2.45, 2.75) is 33.6 Å². The second-order valence-electron chi connectivity index (χ2n) is 4.26. The maximum Gasteiger partial charge on any atom is 0.305 e. The highest BCUT2D eigenvalue weighted by Crippen LogP contribution is 2.23. The van der Waals surface area contributed by atoms with Gasteiger partial charge >= 0.3 is 5.97 Å². The topological polar surface area (TPSA) is 57.6 Å². The van der Waals surface area contributed by atoms with Crippen LogP contribution in [0.15, 0.2) is 18.2 Å². The van der Waals surface area contributed by atoms with Gasteiger partial charge < -0.3 is 10.0 Å². The van der Waals surface area contributed by atoms with Crippen molar-refractivity contribution in [3.8, 4) is 0 Å². The SMILES string of the molecule is CCC(=O)N(CCC(=O)O)c1cccc(C)c1C. The van der Waals surface area contributed by atoms with Gasteiger partial charge in [0.2, 0.25) is 5.91 Å². The van der Waals surface area contributed by atoms with E-state index in [0.717, 1.165) is 16.8 Å². The molecule has 1 N–H and O–H groups in total. The van der Waals surface area contributed by atoms with Gasteiger partial charge in [0.05, 0.1) is 6.42 Å². The summed E-state index contributed by atoms with van der Waals surface area (Å²) in [5.41, 5.74) is 2.92. The van der Waals surface area contributed by atoms with Crippen LogP contribution >= 0.6 is 0 Å². The maximum atomic E-state index is 11.9. The van der Waals surface area contributed by atoms with Gasteiger partial charge in [-0.25, -0.2) is 0 Å². The van der Waals surface area contributed by atoms with Crippen molar-refractivity contribution in [2.75, 3.05) is 11.4 Å². The number of rotatable bonds is 5. The molecule has 0 aliphatic rings. The van der Waals surface area contributed by atoms with Crippen molar-refractivity contribution in [2.24, 2.45) is 0 Å². The first kappa shape index (κ1) is 14.2. The Balaban J connectivity index is 3.05. The van der Waals surface area contributed by atoms with E-state index in [9.17, 15) is 9.59 Å². The molecule has 0 aliphatic heterocycles. The molecule has 0 saturated heterocycles. The van der Waals surface area contributed by atoms with Crippen LogP contribution in [0.1, 0.15) is 30.9 Å². The van der Waals surface area contributed by atoms with Crippen LogP contribution in [0.5, 0.6) is 0 Å². The predicted octanol–water partition coefficient (Wildman–Crippen LogP) is 2.52. The molecule has 1 aromatic carbocycles. The molecular weight excluding hydrogens is 230 g/mol. The van der Waals surface area contributed by atoms with Crippen LogP contribution in [0, 0.1) is 13.8 Å². The normalized spacial score (nSPS) is 10.2. The number of hydrogen-bond acceptors (Lipinski definition) is 2. The molecule has 0 saturated carbocycles. The molecule has 4 heteroatoms. The number of hydrogen-bond donors (Lipinski definition) is 1. The van der Waals surface area contributed by atoms with Crippen LogP contribution in [0.4, 0.5) is 5.69 Å². The second kappa shape index (κ2) is 6.19. The number of amides is 1. The average molecular weight is 249 g/mol. The zero-order valence-corrected chi connectivity index (χ0v) is 11.1. The van der Waals surface area contributed by atoms with Gasteiger partial charge in [-0.2, -0.15) is 0 Å². The smallest absolute Gasteiger partial charge is 0.305 e. The Morgan fingerprint density at radius 2 is 1.94 bits per heavy atom. The minimum Gasteiger partial charge on any atom is -0.481 e. The van der Waals surface area contributed by atoms with Gasteiger partial charge in [-0.05, 0) is 31.0 Å². The molecular formula is C14H19NO3. The van der Waals surface area contributed by atoms with E-state index in [-0.39, 0.29) is 18.9 Å². The summed E-state index contributed by atoms with van der Waals surface area (Å²) in [6.45, 7) is 5.92. The van der Waals surface area contributed by atoms with E-state index in [1.165, 1.54) is 0 Å². The summed E-state index contributed by atoms with van der Waals surface area (Å²) in [7, 11) is 0. The molecule has 0 aliphatic carbocycles. The highest BCUT2D eigenvalue weighted by molar-refractivity contribution is 5.94. The van der Waals surface area contributed by atoms with Crippen LogP contribution in [-0.2, 0) is 9.59 Å². The summed E-state index contributed by atoms with van der Waals surface area (Å²) in [5.74, 6) is -0.945. The van der Waals surface area contributed by atoms with Crippen molar-refractivity contribution in [3.05, 3.63) is 29.3 Å². The van der Waals surface area contributed by atoms with Crippen LogP contribution in [0.3, 0.4) is 0 Å². The molecule has 1 amide bonds. The van der Waals surface area contributed by atoms with Crippen molar-refractivity contribution in [1.82, 2.24) is 0 Å². The van der Waals surface area contributed by atoms with Gasteiger partial charge in [-0.3, -0.25) is 9.59 Å². The molecule has 0 unspecified atom stereocenters. The van der Waals surface area contributed by atoms with E-state index in [0.29, 0.717) is 6.42 Å². The van der Waals surface area contributed by atoms with Crippen LogP contribution in [-0.4, -0.2) is 23.5 Å². The number of anilines is 1. The first-order chi connectivity index (χ1) is 8.47. The Morgan fingerprint density at radius 1 is 1.28 bits per heavy atom. The number of carboxylic acid groups (broad SMARTS) is 1. The molecule has 0 radical (unpaired) electrons. The lowest BCUT2D eigenvalue weighted by Crippen LogP contribution is -2.33. The Kier molecular flexibility index (Phi) is 4.89. The number of carbonyl (C=O) groups excluding carboxylic acids is 1. The van der Waals surface area contributed by atoms with E-state index < -0.39 is 5.97 Å². The Labute approximate surface area is 107 Å². The van der Waals surface area contributed by atoms with E-state index in [4.69, 9.17) is 5.11 Å². The third-order valence-electron chi connectivity index (χ3n) is 3.02. The van der Waals surface area contributed by atoms with Crippen molar-refractivity contribution in [3.63, 3.8) is 0 Å². The molecule has 1 aromatic rings. The summed E-state index contributed by atoms with van der Waals surface area (Å²) in [5, 5.41) is 8.75. The molecule has 0 aromatic heterocycles. The zero-order chi connectivity index (χ0) is 13.7. The van der Waals surface area contributed by atoms with Crippen LogP contribution < -0.4 is 4.90 Å². The van der Waals surface area contributed by atoms with E-state index in [1.54, 1.807) is 11.8 Å². The summed E-state index contributed by atoms with van der Waals surface area (Å²) in [4.78, 5) is 24.1. The lowest BCUT2D eigenvalue weighted by molar-refractivity contribution is -0.136. The van der Waals surface area contributed by atoms with E-state index in [2.05, 4.69) is 0 Å². The minimum atomic E-state index is -0.894. The van der Waals surface area contributed by atoms with Gasteiger partial charge in [0.15, 0.2) is 0 Å². The zero-order valence-electron chi connectivity index (χ0n) is 11.1. The molecule has 0 heterocycles. The van der Waals surface area contributed by atoms with E-state index in [1.807, 2.05) is 32.0 Å². The number of carboxylic acids is 1. The molecule has 98 valence electrons. The quantitative estimate of drug-likeness (QED) is 0.872. The van der Waals surface area contributed by atoms with Gasteiger partial charge in [0, 0.05) is 18.7 Å². The van der Waals surface area contributed by atoms with Gasteiger partial charge in [-0.1, -0.05) is 19.1 Å². The average Bonchev–Trinajstić information content (AvgIpc) is 2.33. The van der Waals surface area contributed by atoms with Crippen molar-refractivity contribution >= 4 is 17.6 Å². The van der Waals surface area contributed by atoms with Crippen LogP contribution in [0.25, 0.3) is 0 Å². The third-order valence-corrected chi connectivity index (χ3v) is 3.02. The first-order valence-electron chi connectivity index (χ1n) is 6.05. The molecule has 18 heavy (non-hydrogen) atoms. The fraction of sp³-hybridized carbons (Fsp3) is 0.429. The fourth-order valence-corrected chi connectivity index (χ4v) is 1.81. The summed E-state index contributed by atoms with van der Waals surface area (Å²) < 4.78 is 0. The molecule has 0 bridgehead atoms. The molecule has 1 rings (SSSR count). The summed E-state index contributed by atoms with van der Waals surface area (Å²) in [6, 6.07) is 5.72. The first-order valence-corrected chi connectivity index (χ1v) is 6.05. The lowest BCUT2D eigenvalue weighted by Gasteiger charge is -2.24. The number of aliphatic carboxylic acids is 1. The standard InChI is InChI=1S/C14H19NO3/c1-4-13(16)15(9-8-14(17)18)12-7-5-6-10(2)11(12)3/h5-7H,4,8-9H2,1-3H3,(H,17,18). The summed E-state index contributed by atoms with van der Waals surface area (Å²) >= 11 is 0. The van der Waals surface area contributed by atoms with Crippen LogP contribution in [0.2, 0.25) is 0 Å². The molecule has 0 fully saturated rings. The molecule has 4 nitrogen and oxygen atoms in total. The number of carbonyl (C=O) groups is 2. The highest BCUT2D eigenvalue weighted by Gasteiger charge is 2.17. The summed E-state index contributed by atoms with van der Waals surface area (Å²) in [6.07, 6.45) is 0.326. The Bertz CT molecular complexity index is 454. The highest BCUT2D eigenvalue weighted by atomic mass is 16.4. The predicted molar refractivity (Wildman–Crippen MR) is 70.8 cm³/mol. The van der Waals surface area contributed by atoms with Crippen molar-refractivity contribution in [1.29, 1.82) is 0 Å². The maximum absolute atomic E-state index is 11.9. The minimum absolute atomic E-state index is 0.0425. The molecule has 0 spiro atoms. The van der Waals surface area contributed by atoms with Gasteiger partial charge in [0.1, 0.15) is 0 Å². The fourth-order valence-electron chi connectivity index (χ4n) is 1.81. The van der Waals surface area contributed by atoms with Gasteiger partial charge in [-0.15, -0.1) is 0 Å².